The lowest BCUT2D eigenvalue weighted by atomic mass is 10.1. The number of nitrogens with zero attached hydrogens (tertiary/aromatic N) is 1. The van der Waals surface area contributed by atoms with Crippen molar-refractivity contribution in [1.29, 1.82) is 0 Å². The van der Waals surface area contributed by atoms with Gasteiger partial charge in [-0.15, -0.1) is 0 Å². The van der Waals surface area contributed by atoms with Crippen molar-refractivity contribution in [3.8, 4) is 0 Å². The number of alkyl halides is 2. The molecule has 0 radical (unpaired) electrons. The molecular weight excluding hydrogens is 232 g/mol. The summed E-state index contributed by atoms with van der Waals surface area (Å²) < 4.78 is 26.3. The quantitative estimate of drug-likeness (QED) is 0.727. The van der Waals surface area contributed by atoms with Crippen LogP contribution in [0.3, 0.4) is 0 Å². The first-order chi connectivity index (χ1) is 7.39. The molecule has 1 fully saturated rings. The van der Waals surface area contributed by atoms with E-state index in [1.54, 1.807) is 4.90 Å². The van der Waals surface area contributed by atoms with Crippen molar-refractivity contribution in [3.63, 3.8) is 0 Å². The maximum absolute atomic E-state index is 13.1. The molecule has 0 amide bonds. The lowest BCUT2D eigenvalue weighted by Gasteiger charge is -2.22. The van der Waals surface area contributed by atoms with Crippen LogP contribution in [0.15, 0.2) is 12.1 Å². The standard InChI is InChI=1S/C12H14ClF2N/c1-8-5-9(2)11(10(13)6-8)16-4-3-12(14,15)7-16/h5-6H,3-4,7H2,1-2H3. The van der Waals surface area contributed by atoms with Crippen LogP contribution in [0.25, 0.3) is 0 Å². The van der Waals surface area contributed by atoms with Gasteiger partial charge in [-0.25, -0.2) is 8.78 Å². The minimum Gasteiger partial charge on any atom is -0.364 e. The molecule has 0 atom stereocenters. The van der Waals surface area contributed by atoms with Crippen LogP contribution in [0.2, 0.25) is 5.02 Å². The largest absolute Gasteiger partial charge is 0.364 e. The molecule has 1 heterocycles. The van der Waals surface area contributed by atoms with E-state index in [1.165, 1.54) is 0 Å². The summed E-state index contributed by atoms with van der Waals surface area (Å²) in [7, 11) is 0. The van der Waals surface area contributed by atoms with Gasteiger partial charge < -0.3 is 4.90 Å². The molecule has 0 saturated carbocycles. The van der Waals surface area contributed by atoms with E-state index < -0.39 is 5.92 Å². The Balaban J connectivity index is 2.35. The average Bonchev–Trinajstić information content (AvgIpc) is 2.44. The van der Waals surface area contributed by atoms with E-state index in [1.807, 2.05) is 26.0 Å². The molecule has 1 saturated heterocycles. The first-order valence-corrected chi connectivity index (χ1v) is 5.66. The van der Waals surface area contributed by atoms with Crippen LogP contribution in [0.5, 0.6) is 0 Å². The molecule has 1 aliphatic heterocycles. The molecule has 1 aromatic carbocycles. The number of hydrogen-bond acceptors (Lipinski definition) is 1. The number of aryl methyl sites for hydroxylation is 2. The Bertz CT molecular complexity index is 394. The molecular formula is C12H14ClF2N. The Hall–Kier alpha value is -0.830. The third kappa shape index (κ3) is 2.14. The number of benzene rings is 1. The summed E-state index contributed by atoms with van der Waals surface area (Å²) in [6, 6.07) is 3.79. The molecule has 0 N–H and O–H groups in total. The molecule has 0 bridgehead atoms. The summed E-state index contributed by atoms with van der Waals surface area (Å²) >= 11 is 6.12. The molecule has 1 aliphatic rings. The summed E-state index contributed by atoms with van der Waals surface area (Å²) in [6.07, 6.45) is -0.0867. The minimum atomic E-state index is -2.58. The molecule has 0 aliphatic carbocycles. The van der Waals surface area contributed by atoms with Crippen LogP contribution in [0, 0.1) is 13.8 Å². The molecule has 0 unspecified atom stereocenters. The van der Waals surface area contributed by atoms with Gasteiger partial charge in [-0.1, -0.05) is 17.7 Å². The van der Waals surface area contributed by atoms with Crippen molar-refractivity contribution in [2.24, 2.45) is 0 Å². The fraction of sp³-hybridized carbons (Fsp3) is 0.500. The second kappa shape index (κ2) is 3.88. The third-order valence-corrected chi connectivity index (χ3v) is 3.17. The van der Waals surface area contributed by atoms with Gasteiger partial charge in [-0.2, -0.15) is 0 Å². The van der Waals surface area contributed by atoms with E-state index in [-0.39, 0.29) is 13.0 Å². The van der Waals surface area contributed by atoms with Crippen LogP contribution < -0.4 is 4.90 Å². The second-order valence-electron chi connectivity index (χ2n) is 4.44. The highest BCUT2D eigenvalue weighted by Gasteiger charge is 2.39. The zero-order chi connectivity index (χ0) is 11.9. The van der Waals surface area contributed by atoms with Crippen molar-refractivity contribution in [1.82, 2.24) is 0 Å². The lowest BCUT2D eigenvalue weighted by Crippen LogP contribution is -2.25. The molecule has 2 rings (SSSR count). The maximum Gasteiger partial charge on any atom is 0.266 e. The van der Waals surface area contributed by atoms with Gasteiger partial charge in [-0.05, 0) is 31.0 Å². The monoisotopic (exact) mass is 245 g/mol. The zero-order valence-electron chi connectivity index (χ0n) is 9.36. The van der Waals surface area contributed by atoms with Gasteiger partial charge in [-0.3, -0.25) is 0 Å². The average molecular weight is 246 g/mol. The van der Waals surface area contributed by atoms with Crippen LogP contribution in [0.4, 0.5) is 14.5 Å². The number of anilines is 1. The predicted molar refractivity (Wildman–Crippen MR) is 62.7 cm³/mol. The van der Waals surface area contributed by atoms with Gasteiger partial charge in [0.25, 0.3) is 5.92 Å². The highest BCUT2D eigenvalue weighted by Crippen LogP contribution is 2.37. The van der Waals surface area contributed by atoms with Gasteiger partial charge in [0.2, 0.25) is 0 Å². The molecule has 16 heavy (non-hydrogen) atoms. The minimum absolute atomic E-state index is 0.0867. The Morgan fingerprint density at radius 2 is 2.00 bits per heavy atom. The van der Waals surface area contributed by atoms with Crippen molar-refractivity contribution < 1.29 is 8.78 Å². The fourth-order valence-corrected chi connectivity index (χ4v) is 2.68. The van der Waals surface area contributed by atoms with E-state index in [9.17, 15) is 8.78 Å². The van der Waals surface area contributed by atoms with Crippen LogP contribution >= 0.6 is 11.6 Å². The van der Waals surface area contributed by atoms with E-state index in [2.05, 4.69) is 0 Å². The van der Waals surface area contributed by atoms with Gasteiger partial charge >= 0.3 is 0 Å². The SMILES string of the molecule is Cc1cc(C)c(N2CCC(F)(F)C2)c(Cl)c1. The Kier molecular flexibility index (Phi) is 2.82. The van der Waals surface area contributed by atoms with Crippen LogP contribution in [-0.2, 0) is 0 Å². The summed E-state index contributed by atoms with van der Waals surface area (Å²) in [5, 5.41) is 0.565. The van der Waals surface area contributed by atoms with Crippen LogP contribution in [-0.4, -0.2) is 19.0 Å². The number of rotatable bonds is 1. The van der Waals surface area contributed by atoms with Crippen LogP contribution in [0.1, 0.15) is 17.5 Å². The summed E-state index contributed by atoms with van der Waals surface area (Å²) in [4.78, 5) is 1.68. The number of halogens is 3. The normalized spacial score (nSPS) is 19.2. The van der Waals surface area contributed by atoms with E-state index >= 15 is 0 Å². The summed E-state index contributed by atoms with van der Waals surface area (Å²) in [6.45, 7) is 4.00. The molecule has 0 spiro atoms. The van der Waals surface area contributed by atoms with Crippen molar-refractivity contribution in [3.05, 3.63) is 28.3 Å². The van der Waals surface area contributed by atoms with Crippen molar-refractivity contribution in [2.75, 3.05) is 18.0 Å². The molecule has 1 nitrogen and oxygen atoms in total. The highest BCUT2D eigenvalue weighted by atomic mass is 35.5. The summed E-state index contributed by atoms with van der Waals surface area (Å²) in [5.41, 5.74) is 2.77. The maximum atomic E-state index is 13.1. The lowest BCUT2D eigenvalue weighted by molar-refractivity contribution is 0.0257. The molecule has 4 heteroatoms. The first kappa shape index (κ1) is 11.6. The van der Waals surface area contributed by atoms with Gasteiger partial charge in [0, 0.05) is 13.0 Å². The van der Waals surface area contributed by atoms with Gasteiger partial charge in [0.15, 0.2) is 0 Å². The summed E-state index contributed by atoms with van der Waals surface area (Å²) in [5.74, 6) is -2.58. The van der Waals surface area contributed by atoms with E-state index in [0.29, 0.717) is 11.6 Å². The predicted octanol–water partition coefficient (Wildman–Crippen LogP) is 3.80. The van der Waals surface area contributed by atoms with E-state index in [4.69, 9.17) is 11.6 Å². The highest BCUT2D eigenvalue weighted by molar-refractivity contribution is 6.33. The Morgan fingerprint density at radius 1 is 1.31 bits per heavy atom. The smallest absolute Gasteiger partial charge is 0.266 e. The van der Waals surface area contributed by atoms with E-state index in [0.717, 1.165) is 16.8 Å². The second-order valence-corrected chi connectivity index (χ2v) is 4.85. The van der Waals surface area contributed by atoms with Gasteiger partial charge in [0.05, 0.1) is 17.3 Å². The Morgan fingerprint density at radius 3 is 2.50 bits per heavy atom. The molecule has 1 aromatic rings. The first-order valence-electron chi connectivity index (χ1n) is 5.28. The van der Waals surface area contributed by atoms with Crippen molar-refractivity contribution in [2.45, 2.75) is 26.2 Å². The van der Waals surface area contributed by atoms with Crippen molar-refractivity contribution >= 4 is 17.3 Å². The zero-order valence-corrected chi connectivity index (χ0v) is 10.1. The fourth-order valence-electron chi connectivity index (χ4n) is 2.24. The topological polar surface area (TPSA) is 3.24 Å². The third-order valence-electron chi connectivity index (χ3n) is 2.88. The molecule has 88 valence electrons. The Labute approximate surface area is 99.0 Å². The molecule has 0 aromatic heterocycles. The van der Waals surface area contributed by atoms with Gasteiger partial charge in [0.1, 0.15) is 0 Å². The number of hydrogen-bond donors (Lipinski definition) is 0.